The zero-order valence-corrected chi connectivity index (χ0v) is 25.6. The van der Waals surface area contributed by atoms with Crippen molar-refractivity contribution in [2.75, 3.05) is 43.4 Å². The second-order valence-corrected chi connectivity index (χ2v) is 12.2. The van der Waals surface area contributed by atoms with Gasteiger partial charge in [0.15, 0.2) is 0 Å². The number of nitrogens with one attached hydrogen (secondary N) is 2. The Kier molecular flexibility index (Phi) is 10.8. The molecule has 1 saturated heterocycles. The molecule has 1 aliphatic rings. The molecule has 2 aromatic carbocycles. The Bertz CT molecular complexity index is 1280. The number of carbonyl (C=O) groups excluding carboxylic acids is 2. The van der Waals surface area contributed by atoms with Gasteiger partial charge in [-0.3, -0.25) is 9.59 Å². The lowest BCUT2D eigenvalue weighted by Gasteiger charge is -2.25. The Labute approximate surface area is 245 Å². The van der Waals surface area contributed by atoms with E-state index in [2.05, 4.69) is 47.8 Å². The fourth-order valence-corrected chi connectivity index (χ4v) is 5.33. The monoisotopic (exact) mass is 560 g/mol. The molecule has 41 heavy (non-hydrogen) atoms. The number of nitrogens with zero attached hydrogens (tertiary/aromatic N) is 4. The smallest absolute Gasteiger partial charge is 0.253 e. The van der Waals surface area contributed by atoms with Gasteiger partial charge in [-0.2, -0.15) is 0 Å². The van der Waals surface area contributed by atoms with E-state index in [9.17, 15) is 9.59 Å². The number of likely N-dealkylation sites (tertiary alicyclic amines) is 1. The van der Waals surface area contributed by atoms with Crippen LogP contribution >= 0.6 is 0 Å². The Morgan fingerprint density at radius 2 is 1.54 bits per heavy atom. The molecule has 2 amide bonds. The van der Waals surface area contributed by atoms with Crippen molar-refractivity contribution >= 4 is 40.2 Å². The van der Waals surface area contributed by atoms with Gasteiger partial charge in [0.2, 0.25) is 11.9 Å². The van der Waals surface area contributed by atoms with Gasteiger partial charge in [0, 0.05) is 43.5 Å². The van der Waals surface area contributed by atoms with Crippen LogP contribution in [-0.2, 0) is 11.3 Å². The minimum absolute atomic E-state index is 0.0946. The van der Waals surface area contributed by atoms with Crippen molar-refractivity contribution in [1.29, 1.82) is 0 Å². The van der Waals surface area contributed by atoms with E-state index >= 15 is 0 Å². The molecule has 3 aromatic rings. The number of hydrogen-bond donors (Lipinski definition) is 2. The van der Waals surface area contributed by atoms with E-state index in [1.807, 2.05) is 47.4 Å². The van der Waals surface area contributed by atoms with Crippen molar-refractivity contribution in [1.82, 2.24) is 19.4 Å². The van der Waals surface area contributed by atoms with Gasteiger partial charge in [-0.05, 0) is 106 Å². The first-order chi connectivity index (χ1) is 19.7. The van der Waals surface area contributed by atoms with E-state index in [1.165, 1.54) is 32.9 Å². The Morgan fingerprint density at radius 1 is 0.902 bits per heavy atom. The molecule has 8 nitrogen and oxygen atoms in total. The van der Waals surface area contributed by atoms with Crippen LogP contribution in [0.15, 0.2) is 42.5 Å². The Hall–Kier alpha value is -3.39. The number of hydrogen-bond acceptors (Lipinski definition) is 5. The number of imidazole rings is 1. The lowest BCUT2D eigenvalue weighted by Crippen LogP contribution is -2.34. The van der Waals surface area contributed by atoms with Crippen molar-refractivity contribution in [2.24, 2.45) is 11.8 Å². The molecule has 2 N–H and O–H groups in total. The average Bonchev–Trinajstić information content (AvgIpc) is 3.56. The first-order valence-corrected chi connectivity index (χ1v) is 15.4. The highest BCUT2D eigenvalue weighted by Gasteiger charge is 2.20. The number of benzene rings is 2. The van der Waals surface area contributed by atoms with Crippen LogP contribution in [0.25, 0.3) is 11.0 Å². The minimum Gasteiger partial charge on any atom is -0.339 e. The summed E-state index contributed by atoms with van der Waals surface area (Å²) in [6.45, 7) is 16.1. The van der Waals surface area contributed by atoms with E-state index < -0.39 is 0 Å². The second-order valence-electron chi connectivity index (χ2n) is 12.2. The van der Waals surface area contributed by atoms with Gasteiger partial charge in [-0.1, -0.05) is 27.7 Å². The van der Waals surface area contributed by atoms with Crippen LogP contribution in [0.2, 0.25) is 0 Å². The molecule has 4 rings (SSSR count). The fourth-order valence-electron chi connectivity index (χ4n) is 5.33. The first kappa shape index (κ1) is 30.6. The summed E-state index contributed by atoms with van der Waals surface area (Å²) in [5.41, 5.74) is 4.21. The normalized spacial score (nSPS) is 13.8. The highest BCUT2D eigenvalue weighted by molar-refractivity contribution is 5.98. The number of amides is 2. The fraction of sp³-hybridized carbons (Fsp3) is 0.545. The summed E-state index contributed by atoms with van der Waals surface area (Å²) in [4.78, 5) is 34.7. The predicted octanol–water partition coefficient (Wildman–Crippen LogP) is 6.76. The van der Waals surface area contributed by atoms with E-state index in [0.717, 1.165) is 79.4 Å². The zero-order valence-electron chi connectivity index (χ0n) is 25.6. The maximum atomic E-state index is 13.8. The third-order valence-corrected chi connectivity index (χ3v) is 7.75. The molecule has 1 fully saturated rings. The maximum Gasteiger partial charge on any atom is 0.253 e. The summed E-state index contributed by atoms with van der Waals surface area (Å²) in [7, 11) is 0. The molecule has 8 heteroatoms. The van der Waals surface area contributed by atoms with Crippen molar-refractivity contribution in [2.45, 2.75) is 73.3 Å². The van der Waals surface area contributed by atoms with Crippen LogP contribution in [0.1, 0.15) is 77.1 Å². The Balaban J connectivity index is 1.61. The lowest BCUT2D eigenvalue weighted by molar-refractivity contribution is -0.114. The van der Waals surface area contributed by atoms with E-state index in [1.54, 1.807) is 0 Å². The molecule has 1 aliphatic heterocycles. The van der Waals surface area contributed by atoms with Gasteiger partial charge in [0.1, 0.15) is 0 Å². The van der Waals surface area contributed by atoms with E-state index in [0.29, 0.717) is 11.8 Å². The molecule has 0 saturated carbocycles. The number of anilines is 3. The zero-order chi connectivity index (χ0) is 29.4. The summed E-state index contributed by atoms with van der Waals surface area (Å²) >= 11 is 0. The highest BCUT2D eigenvalue weighted by atomic mass is 16.2. The molecule has 2 heterocycles. The van der Waals surface area contributed by atoms with Gasteiger partial charge >= 0.3 is 0 Å². The van der Waals surface area contributed by atoms with Crippen LogP contribution in [0.4, 0.5) is 17.3 Å². The molecule has 0 unspecified atom stereocenters. The third kappa shape index (κ3) is 8.80. The molecule has 1 aromatic heterocycles. The number of rotatable bonds is 14. The summed E-state index contributed by atoms with van der Waals surface area (Å²) in [5, 5.41) is 6.30. The number of aromatic nitrogens is 2. The van der Waals surface area contributed by atoms with Gasteiger partial charge in [-0.15, -0.1) is 0 Å². The average molecular weight is 561 g/mol. The van der Waals surface area contributed by atoms with Gasteiger partial charge in [0.25, 0.3) is 5.91 Å². The predicted molar refractivity (Wildman–Crippen MR) is 169 cm³/mol. The molecule has 0 atom stereocenters. The van der Waals surface area contributed by atoms with Gasteiger partial charge in [-0.25, -0.2) is 4.98 Å². The first-order valence-electron chi connectivity index (χ1n) is 15.4. The van der Waals surface area contributed by atoms with Crippen LogP contribution in [-0.4, -0.2) is 63.9 Å². The molecule has 0 bridgehead atoms. The van der Waals surface area contributed by atoms with E-state index in [4.69, 9.17) is 4.98 Å². The standard InChI is InChI=1S/C33H48N6O2/c1-24(2)15-21-38(22-16-25(3)4)32(41)27-9-14-30-31(23-27)39(20-8-19-37-17-6-7-18-37)33(36-30)35-29-12-10-28(11-13-29)34-26(5)40/h9-14,23-25H,6-8,15-22H2,1-5H3,(H,34,40)(H,35,36). The topological polar surface area (TPSA) is 82.5 Å². The van der Waals surface area contributed by atoms with Crippen molar-refractivity contribution in [3.05, 3.63) is 48.0 Å². The number of carbonyl (C=O) groups is 2. The number of aryl methyl sites for hydroxylation is 1. The minimum atomic E-state index is -0.0946. The maximum absolute atomic E-state index is 13.8. The second kappa shape index (κ2) is 14.5. The third-order valence-electron chi connectivity index (χ3n) is 7.75. The van der Waals surface area contributed by atoms with Gasteiger partial charge in [0.05, 0.1) is 11.0 Å². The van der Waals surface area contributed by atoms with Gasteiger partial charge < -0.3 is 25.0 Å². The molecular weight excluding hydrogens is 512 g/mol. The molecule has 0 aliphatic carbocycles. The Morgan fingerprint density at radius 3 is 2.15 bits per heavy atom. The molecule has 222 valence electrons. The molecule has 0 radical (unpaired) electrons. The van der Waals surface area contributed by atoms with Crippen LogP contribution in [0.5, 0.6) is 0 Å². The van der Waals surface area contributed by atoms with Crippen molar-refractivity contribution < 1.29 is 9.59 Å². The summed E-state index contributed by atoms with van der Waals surface area (Å²) in [6, 6.07) is 13.6. The summed E-state index contributed by atoms with van der Waals surface area (Å²) in [5.74, 6) is 1.85. The molecule has 0 spiro atoms. The van der Waals surface area contributed by atoms with Crippen LogP contribution in [0, 0.1) is 11.8 Å². The summed E-state index contributed by atoms with van der Waals surface area (Å²) < 4.78 is 2.22. The quantitative estimate of drug-likeness (QED) is 0.228. The highest BCUT2D eigenvalue weighted by Crippen LogP contribution is 2.26. The van der Waals surface area contributed by atoms with E-state index in [-0.39, 0.29) is 11.8 Å². The van der Waals surface area contributed by atoms with Crippen molar-refractivity contribution in [3.63, 3.8) is 0 Å². The number of fused-ring (bicyclic) bond motifs is 1. The van der Waals surface area contributed by atoms with Crippen LogP contribution < -0.4 is 10.6 Å². The lowest BCUT2D eigenvalue weighted by atomic mass is 10.1. The van der Waals surface area contributed by atoms with Crippen molar-refractivity contribution in [3.8, 4) is 0 Å². The SMILES string of the molecule is CC(=O)Nc1ccc(Nc2nc3ccc(C(=O)N(CCC(C)C)CCC(C)C)cc3n2CCCN2CCCC2)cc1. The largest absolute Gasteiger partial charge is 0.339 e. The molecular formula is C33H48N6O2. The summed E-state index contributed by atoms with van der Waals surface area (Å²) in [6.07, 6.45) is 5.56. The van der Waals surface area contributed by atoms with Crippen LogP contribution in [0.3, 0.4) is 0 Å².